The summed E-state index contributed by atoms with van der Waals surface area (Å²) in [6, 6.07) is 6.14. The van der Waals surface area contributed by atoms with E-state index in [2.05, 4.69) is 38.0 Å². The van der Waals surface area contributed by atoms with E-state index in [0.717, 1.165) is 17.5 Å². The SMILES string of the molecule is CC(C)(C)n1cc(C=O)c(-c2ccc3c(c2)COC3)n1. The summed E-state index contributed by atoms with van der Waals surface area (Å²) in [4.78, 5) is 11.3. The van der Waals surface area contributed by atoms with Gasteiger partial charge in [0.25, 0.3) is 0 Å². The molecular weight excluding hydrogens is 252 g/mol. The largest absolute Gasteiger partial charge is 0.372 e. The van der Waals surface area contributed by atoms with E-state index in [0.29, 0.717) is 18.8 Å². The quantitative estimate of drug-likeness (QED) is 0.787. The van der Waals surface area contributed by atoms with Crippen LogP contribution in [-0.4, -0.2) is 16.1 Å². The molecule has 2 heterocycles. The molecule has 1 aromatic heterocycles. The van der Waals surface area contributed by atoms with E-state index in [1.807, 2.05) is 16.9 Å². The van der Waals surface area contributed by atoms with Crippen LogP contribution in [-0.2, 0) is 23.5 Å². The van der Waals surface area contributed by atoms with Crippen LogP contribution >= 0.6 is 0 Å². The first-order valence-electron chi connectivity index (χ1n) is 6.74. The van der Waals surface area contributed by atoms with Crippen molar-refractivity contribution < 1.29 is 9.53 Å². The summed E-state index contributed by atoms with van der Waals surface area (Å²) in [6.45, 7) is 7.50. The molecule has 0 N–H and O–H groups in total. The van der Waals surface area contributed by atoms with Gasteiger partial charge in [-0.25, -0.2) is 0 Å². The Balaban J connectivity index is 2.09. The van der Waals surface area contributed by atoms with E-state index in [1.54, 1.807) is 0 Å². The van der Waals surface area contributed by atoms with Crippen molar-refractivity contribution in [1.29, 1.82) is 0 Å². The minimum Gasteiger partial charge on any atom is -0.372 e. The lowest BCUT2D eigenvalue weighted by molar-refractivity contribution is 0.112. The predicted octanol–water partition coefficient (Wildman–Crippen LogP) is 3.15. The second kappa shape index (κ2) is 4.56. The zero-order chi connectivity index (χ0) is 14.3. The Kier molecular flexibility index (Phi) is 2.98. The van der Waals surface area contributed by atoms with Crippen LogP contribution in [0.3, 0.4) is 0 Å². The fourth-order valence-corrected chi connectivity index (χ4v) is 2.36. The lowest BCUT2D eigenvalue weighted by atomic mass is 10.0. The Hall–Kier alpha value is -1.94. The lowest BCUT2D eigenvalue weighted by Crippen LogP contribution is -2.22. The molecule has 1 aromatic carbocycles. The van der Waals surface area contributed by atoms with Crippen molar-refractivity contribution in [3.8, 4) is 11.3 Å². The summed E-state index contributed by atoms with van der Waals surface area (Å²) < 4.78 is 7.27. The first-order chi connectivity index (χ1) is 9.49. The molecule has 1 aliphatic rings. The molecule has 4 heteroatoms. The Morgan fingerprint density at radius 2 is 2.00 bits per heavy atom. The van der Waals surface area contributed by atoms with E-state index < -0.39 is 0 Å². The maximum atomic E-state index is 11.3. The number of hydrogen-bond acceptors (Lipinski definition) is 3. The van der Waals surface area contributed by atoms with Gasteiger partial charge in [-0.05, 0) is 38.0 Å². The number of aldehydes is 1. The van der Waals surface area contributed by atoms with Crippen LogP contribution in [0.25, 0.3) is 11.3 Å². The Bertz CT molecular complexity index is 666. The highest BCUT2D eigenvalue weighted by atomic mass is 16.5. The predicted molar refractivity (Wildman–Crippen MR) is 76.5 cm³/mol. The van der Waals surface area contributed by atoms with Crippen molar-refractivity contribution in [3.05, 3.63) is 41.1 Å². The van der Waals surface area contributed by atoms with Gasteiger partial charge in [0.1, 0.15) is 5.69 Å². The Morgan fingerprint density at radius 1 is 1.25 bits per heavy atom. The fraction of sp³-hybridized carbons (Fsp3) is 0.375. The molecule has 20 heavy (non-hydrogen) atoms. The van der Waals surface area contributed by atoms with Crippen LogP contribution in [0.5, 0.6) is 0 Å². The minimum atomic E-state index is -0.143. The van der Waals surface area contributed by atoms with E-state index in [-0.39, 0.29) is 5.54 Å². The van der Waals surface area contributed by atoms with Crippen LogP contribution in [0.4, 0.5) is 0 Å². The molecule has 0 saturated carbocycles. The van der Waals surface area contributed by atoms with E-state index in [4.69, 9.17) is 4.74 Å². The van der Waals surface area contributed by atoms with Crippen LogP contribution in [0.1, 0.15) is 42.3 Å². The molecule has 3 rings (SSSR count). The third-order valence-electron chi connectivity index (χ3n) is 3.55. The molecule has 4 nitrogen and oxygen atoms in total. The van der Waals surface area contributed by atoms with Gasteiger partial charge in [-0.1, -0.05) is 12.1 Å². The normalized spacial score (nSPS) is 14.3. The number of hydrogen-bond donors (Lipinski definition) is 0. The summed E-state index contributed by atoms with van der Waals surface area (Å²) in [6.07, 6.45) is 2.68. The van der Waals surface area contributed by atoms with Crippen molar-refractivity contribution in [2.45, 2.75) is 39.5 Å². The molecule has 1 aliphatic heterocycles. The van der Waals surface area contributed by atoms with Crippen LogP contribution in [0, 0.1) is 0 Å². The first-order valence-corrected chi connectivity index (χ1v) is 6.74. The number of benzene rings is 1. The van der Waals surface area contributed by atoms with Gasteiger partial charge in [0, 0.05) is 11.8 Å². The van der Waals surface area contributed by atoms with E-state index in [9.17, 15) is 4.79 Å². The third-order valence-corrected chi connectivity index (χ3v) is 3.55. The average molecular weight is 270 g/mol. The summed E-state index contributed by atoms with van der Waals surface area (Å²) in [5.41, 5.74) is 4.60. The molecule has 0 radical (unpaired) electrons. The monoisotopic (exact) mass is 270 g/mol. The number of nitrogens with zero attached hydrogens (tertiary/aromatic N) is 2. The topological polar surface area (TPSA) is 44.1 Å². The second-order valence-corrected chi connectivity index (χ2v) is 6.14. The number of aromatic nitrogens is 2. The summed E-state index contributed by atoms with van der Waals surface area (Å²) in [5, 5.41) is 4.59. The molecule has 2 aromatic rings. The number of fused-ring (bicyclic) bond motifs is 1. The van der Waals surface area contributed by atoms with Gasteiger partial charge in [0.15, 0.2) is 6.29 Å². The highest BCUT2D eigenvalue weighted by molar-refractivity contribution is 5.85. The summed E-state index contributed by atoms with van der Waals surface area (Å²) in [5.74, 6) is 0. The van der Waals surface area contributed by atoms with E-state index in [1.165, 1.54) is 11.1 Å². The molecule has 104 valence electrons. The van der Waals surface area contributed by atoms with Crippen molar-refractivity contribution in [3.63, 3.8) is 0 Å². The number of ether oxygens (including phenoxy) is 1. The molecule has 0 unspecified atom stereocenters. The van der Waals surface area contributed by atoms with Gasteiger partial charge in [0.2, 0.25) is 0 Å². The van der Waals surface area contributed by atoms with Crippen molar-refractivity contribution in [2.24, 2.45) is 0 Å². The zero-order valence-corrected chi connectivity index (χ0v) is 12.0. The van der Waals surface area contributed by atoms with Crippen LogP contribution in [0.15, 0.2) is 24.4 Å². The lowest BCUT2D eigenvalue weighted by Gasteiger charge is -2.18. The molecule has 0 saturated heterocycles. The molecular formula is C16H18N2O2. The molecule has 0 atom stereocenters. The molecule has 0 amide bonds. The van der Waals surface area contributed by atoms with E-state index >= 15 is 0 Å². The second-order valence-electron chi connectivity index (χ2n) is 6.14. The molecule has 0 fully saturated rings. The van der Waals surface area contributed by atoms with Gasteiger partial charge in [-0.2, -0.15) is 5.10 Å². The minimum absolute atomic E-state index is 0.143. The number of rotatable bonds is 2. The zero-order valence-electron chi connectivity index (χ0n) is 12.0. The van der Waals surface area contributed by atoms with Crippen molar-refractivity contribution in [2.75, 3.05) is 0 Å². The maximum Gasteiger partial charge on any atom is 0.153 e. The van der Waals surface area contributed by atoms with Gasteiger partial charge in [-0.3, -0.25) is 9.48 Å². The molecule has 0 bridgehead atoms. The van der Waals surface area contributed by atoms with Crippen molar-refractivity contribution in [1.82, 2.24) is 9.78 Å². The summed E-state index contributed by atoms with van der Waals surface area (Å²) in [7, 11) is 0. The van der Waals surface area contributed by atoms with Gasteiger partial charge in [0.05, 0.1) is 24.3 Å². The first kappa shape index (κ1) is 13.1. The number of carbonyl (C=O) groups is 1. The van der Waals surface area contributed by atoms with Crippen molar-refractivity contribution >= 4 is 6.29 Å². The summed E-state index contributed by atoms with van der Waals surface area (Å²) >= 11 is 0. The number of carbonyl (C=O) groups excluding carboxylic acids is 1. The van der Waals surface area contributed by atoms with Gasteiger partial charge >= 0.3 is 0 Å². The Morgan fingerprint density at radius 3 is 2.70 bits per heavy atom. The highest BCUT2D eigenvalue weighted by Gasteiger charge is 2.20. The van der Waals surface area contributed by atoms with Crippen LogP contribution < -0.4 is 0 Å². The fourth-order valence-electron chi connectivity index (χ4n) is 2.36. The highest BCUT2D eigenvalue weighted by Crippen LogP contribution is 2.28. The van der Waals surface area contributed by atoms with Gasteiger partial charge in [-0.15, -0.1) is 0 Å². The Labute approximate surface area is 118 Å². The maximum absolute atomic E-state index is 11.3. The average Bonchev–Trinajstić information content (AvgIpc) is 3.03. The third kappa shape index (κ3) is 2.16. The van der Waals surface area contributed by atoms with Crippen LogP contribution in [0.2, 0.25) is 0 Å². The smallest absolute Gasteiger partial charge is 0.153 e. The molecule has 0 spiro atoms. The standard InChI is InChI=1S/C16H18N2O2/c1-16(2,3)18-7-14(8-19)15(17-18)11-4-5-12-9-20-10-13(12)6-11/h4-8H,9-10H2,1-3H3. The van der Waals surface area contributed by atoms with Gasteiger partial charge < -0.3 is 4.74 Å². The molecule has 0 aliphatic carbocycles.